The molecule has 0 radical (unpaired) electrons. The average Bonchev–Trinajstić information content (AvgIpc) is 2.23. The molecule has 3 heteroatoms. The number of rotatable bonds is 1. The third-order valence-electron chi connectivity index (χ3n) is 2.08. The molecule has 0 amide bonds. The second kappa shape index (κ2) is 3.46. The predicted molar refractivity (Wildman–Crippen MR) is 53.9 cm³/mol. The predicted octanol–water partition coefficient (Wildman–Crippen LogP) is 2.16. The van der Waals surface area contributed by atoms with Crippen LogP contribution in [0.15, 0.2) is 36.8 Å². The van der Waals surface area contributed by atoms with Crippen LogP contribution in [0.4, 0.5) is 0 Å². The minimum Gasteiger partial charge on any atom is -0.505 e. The third-order valence-corrected chi connectivity index (χ3v) is 2.08. The van der Waals surface area contributed by atoms with Gasteiger partial charge in [-0.3, -0.25) is 9.97 Å². The molecule has 2 aromatic heterocycles. The van der Waals surface area contributed by atoms with Crippen molar-refractivity contribution >= 4 is 0 Å². The molecule has 0 spiro atoms. The Hall–Kier alpha value is -1.90. The minimum absolute atomic E-state index is 0.223. The smallest absolute Gasteiger partial charge is 0.144 e. The highest BCUT2D eigenvalue weighted by Gasteiger charge is 2.06. The van der Waals surface area contributed by atoms with E-state index < -0.39 is 0 Å². The molecule has 0 aromatic carbocycles. The summed E-state index contributed by atoms with van der Waals surface area (Å²) in [7, 11) is 0. The van der Waals surface area contributed by atoms with Crippen molar-refractivity contribution in [1.29, 1.82) is 0 Å². The van der Waals surface area contributed by atoms with E-state index in [0.29, 0.717) is 5.69 Å². The Kier molecular flexibility index (Phi) is 2.14. The van der Waals surface area contributed by atoms with Crippen LogP contribution < -0.4 is 0 Å². The molecule has 0 bridgehead atoms. The highest BCUT2D eigenvalue weighted by molar-refractivity contribution is 5.69. The fraction of sp³-hybridized carbons (Fsp3) is 0.0909. The van der Waals surface area contributed by atoms with E-state index >= 15 is 0 Å². The monoisotopic (exact) mass is 186 g/mol. The van der Waals surface area contributed by atoms with E-state index in [9.17, 15) is 5.11 Å². The maximum atomic E-state index is 9.76. The number of aryl methyl sites for hydroxylation is 1. The first-order chi connectivity index (χ1) is 6.79. The molecule has 14 heavy (non-hydrogen) atoms. The van der Waals surface area contributed by atoms with Gasteiger partial charge in [-0.15, -0.1) is 0 Å². The molecule has 2 rings (SSSR count). The lowest BCUT2D eigenvalue weighted by Crippen LogP contribution is -1.86. The summed E-state index contributed by atoms with van der Waals surface area (Å²) in [6.45, 7) is 1.77. The van der Waals surface area contributed by atoms with Gasteiger partial charge >= 0.3 is 0 Å². The lowest BCUT2D eigenvalue weighted by molar-refractivity contribution is 0.469. The molecule has 1 N–H and O–H groups in total. The van der Waals surface area contributed by atoms with Crippen LogP contribution in [-0.2, 0) is 0 Å². The zero-order valence-electron chi connectivity index (χ0n) is 7.81. The summed E-state index contributed by atoms with van der Waals surface area (Å²) < 4.78 is 0. The van der Waals surface area contributed by atoms with Gasteiger partial charge in [-0.2, -0.15) is 0 Å². The van der Waals surface area contributed by atoms with Crippen molar-refractivity contribution in [2.75, 3.05) is 0 Å². The van der Waals surface area contributed by atoms with Crippen LogP contribution in [-0.4, -0.2) is 15.1 Å². The zero-order chi connectivity index (χ0) is 9.97. The number of aromatic nitrogens is 2. The van der Waals surface area contributed by atoms with E-state index in [2.05, 4.69) is 9.97 Å². The molecule has 0 aliphatic carbocycles. The number of hydrogen-bond acceptors (Lipinski definition) is 3. The molecule has 70 valence electrons. The highest BCUT2D eigenvalue weighted by atomic mass is 16.3. The molecule has 2 aromatic rings. The SMILES string of the molecule is Cc1nccc(-c2cccnc2)c1O. The Bertz CT molecular complexity index is 440. The van der Waals surface area contributed by atoms with Crippen LogP contribution in [0.5, 0.6) is 5.75 Å². The Morgan fingerprint density at radius 3 is 2.79 bits per heavy atom. The van der Waals surface area contributed by atoms with Crippen LogP contribution in [0.1, 0.15) is 5.69 Å². The second-order valence-electron chi connectivity index (χ2n) is 3.03. The topological polar surface area (TPSA) is 46.0 Å². The molecule has 3 nitrogen and oxygen atoms in total. The normalized spacial score (nSPS) is 10.1. The van der Waals surface area contributed by atoms with Gasteiger partial charge in [0, 0.05) is 29.7 Å². The van der Waals surface area contributed by atoms with Crippen molar-refractivity contribution in [3.05, 3.63) is 42.5 Å². The van der Waals surface area contributed by atoms with Crippen LogP contribution in [0, 0.1) is 6.92 Å². The molecule has 0 saturated carbocycles. The second-order valence-corrected chi connectivity index (χ2v) is 3.03. The van der Waals surface area contributed by atoms with E-state index in [0.717, 1.165) is 11.1 Å². The first-order valence-corrected chi connectivity index (χ1v) is 4.34. The Balaban J connectivity index is 2.58. The van der Waals surface area contributed by atoms with Crippen LogP contribution in [0.25, 0.3) is 11.1 Å². The first-order valence-electron chi connectivity index (χ1n) is 4.34. The molecule has 0 saturated heterocycles. The van der Waals surface area contributed by atoms with Gasteiger partial charge in [0.2, 0.25) is 0 Å². The maximum absolute atomic E-state index is 9.76. The van der Waals surface area contributed by atoms with Crippen LogP contribution in [0.3, 0.4) is 0 Å². The molecule has 0 unspecified atom stereocenters. The molecule has 0 atom stereocenters. The number of hydrogen-bond donors (Lipinski definition) is 1. The van der Waals surface area contributed by atoms with Crippen molar-refractivity contribution in [2.45, 2.75) is 6.92 Å². The van der Waals surface area contributed by atoms with Gasteiger partial charge in [0.25, 0.3) is 0 Å². The van der Waals surface area contributed by atoms with Gasteiger partial charge in [-0.25, -0.2) is 0 Å². The van der Waals surface area contributed by atoms with E-state index in [1.807, 2.05) is 12.1 Å². The van der Waals surface area contributed by atoms with Gasteiger partial charge in [0.05, 0.1) is 5.69 Å². The summed E-state index contributed by atoms with van der Waals surface area (Å²) in [5.74, 6) is 0.223. The highest BCUT2D eigenvalue weighted by Crippen LogP contribution is 2.29. The van der Waals surface area contributed by atoms with Crippen molar-refractivity contribution in [3.8, 4) is 16.9 Å². The van der Waals surface area contributed by atoms with Gasteiger partial charge in [0.15, 0.2) is 0 Å². The molecule has 0 fully saturated rings. The first kappa shape index (κ1) is 8.69. The summed E-state index contributed by atoms with van der Waals surface area (Å²) in [5.41, 5.74) is 2.30. The summed E-state index contributed by atoms with van der Waals surface area (Å²) >= 11 is 0. The van der Waals surface area contributed by atoms with Crippen molar-refractivity contribution in [1.82, 2.24) is 9.97 Å². The number of nitrogens with zero attached hydrogens (tertiary/aromatic N) is 2. The van der Waals surface area contributed by atoms with E-state index in [-0.39, 0.29) is 5.75 Å². The minimum atomic E-state index is 0.223. The number of aromatic hydroxyl groups is 1. The molecular weight excluding hydrogens is 176 g/mol. The van der Waals surface area contributed by atoms with Gasteiger partial charge < -0.3 is 5.11 Å². The molecule has 0 aliphatic heterocycles. The quantitative estimate of drug-likeness (QED) is 0.742. The summed E-state index contributed by atoms with van der Waals surface area (Å²) in [5, 5.41) is 9.76. The Labute approximate surface area is 82.1 Å². The van der Waals surface area contributed by atoms with Crippen molar-refractivity contribution in [2.24, 2.45) is 0 Å². The Morgan fingerprint density at radius 1 is 1.21 bits per heavy atom. The van der Waals surface area contributed by atoms with Crippen LogP contribution in [0.2, 0.25) is 0 Å². The van der Waals surface area contributed by atoms with E-state index in [4.69, 9.17) is 0 Å². The van der Waals surface area contributed by atoms with Crippen molar-refractivity contribution in [3.63, 3.8) is 0 Å². The maximum Gasteiger partial charge on any atom is 0.144 e. The molecular formula is C11H10N2O. The van der Waals surface area contributed by atoms with Gasteiger partial charge in [-0.05, 0) is 19.1 Å². The molecule has 2 heterocycles. The standard InChI is InChI=1S/C11H10N2O/c1-8-11(14)10(4-6-13-8)9-3-2-5-12-7-9/h2-7,14H,1H3. The zero-order valence-corrected chi connectivity index (χ0v) is 7.81. The summed E-state index contributed by atoms with van der Waals surface area (Å²) in [6.07, 6.45) is 5.10. The number of pyridine rings is 2. The fourth-order valence-electron chi connectivity index (χ4n) is 1.31. The lowest BCUT2D eigenvalue weighted by Gasteiger charge is -2.05. The summed E-state index contributed by atoms with van der Waals surface area (Å²) in [6, 6.07) is 5.52. The molecule has 0 aliphatic rings. The Morgan fingerprint density at radius 2 is 2.07 bits per heavy atom. The largest absolute Gasteiger partial charge is 0.505 e. The van der Waals surface area contributed by atoms with Gasteiger partial charge in [0.1, 0.15) is 5.75 Å². The van der Waals surface area contributed by atoms with Crippen LogP contribution >= 0.6 is 0 Å². The average molecular weight is 186 g/mol. The van der Waals surface area contributed by atoms with Gasteiger partial charge in [-0.1, -0.05) is 6.07 Å². The van der Waals surface area contributed by atoms with E-state index in [1.165, 1.54) is 0 Å². The van der Waals surface area contributed by atoms with E-state index in [1.54, 1.807) is 31.6 Å². The lowest BCUT2D eigenvalue weighted by atomic mass is 10.1. The third kappa shape index (κ3) is 1.44. The fourth-order valence-corrected chi connectivity index (χ4v) is 1.31. The van der Waals surface area contributed by atoms with Crippen molar-refractivity contribution < 1.29 is 5.11 Å². The summed E-state index contributed by atoms with van der Waals surface area (Å²) in [4.78, 5) is 7.99.